The van der Waals surface area contributed by atoms with Crippen LogP contribution in [0.3, 0.4) is 0 Å². The summed E-state index contributed by atoms with van der Waals surface area (Å²) in [5, 5.41) is -0.458. The van der Waals surface area contributed by atoms with Crippen molar-refractivity contribution in [3.05, 3.63) is 0 Å². The average molecular weight is 123 g/mol. The van der Waals surface area contributed by atoms with Crippen molar-refractivity contribution < 1.29 is 13.7 Å². The summed E-state index contributed by atoms with van der Waals surface area (Å²) in [7, 11) is 0. The van der Waals surface area contributed by atoms with Crippen molar-refractivity contribution in [2.45, 2.75) is 13.3 Å². The first kappa shape index (κ1) is 7.33. The van der Waals surface area contributed by atoms with Crippen LogP contribution >= 0.6 is 0 Å². The molecule has 48 valence electrons. The third-order valence-electron chi connectivity index (χ3n) is 0.611. The van der Waals surface area contributed by atoms with E-state index in [1.165, 1.54) is 0 Å². The molecule has 0 rings (SSSR count). The number of hydrogen-bond donors (Lipinski definition) is 0. The zero-order valence-electron chi connectivity index (χ0n) is 4.53. The molecule has 4 heteroatoms. The molecule has 0 bridgehead atoms. The minimum Gasteiger partial charge on any atom is -0.231 e. The molecule has 0 aromatic carbocycles. The Hall–Kier alpha value is -0.670. The van der Waals surface area contributed by atoms with Crippen LogP contribution in [0.2, 0.25) is 0 Å². The predicted molar refractivity (Wildman–Crippen MR) is 24.6 cm³/mol. The minimum absolute atomic E-state index is 0.171. The maximum atomic E-state index is 11.6. The second kappa shape index (κ2) is 3.35. The van der Waals surface area contributed by atoms with E-state index in [4.69, 9.17) is 0 Å². The second-order valence-corrected chi connectivity index (χ2v) is 1.34. The maximum absolute atomic E-state index is 11.6. The van der Waals surface area contributed by atoms with Gasteiger partial charge in [-0.05, 0) is 6.42 Å². The Labute approximate surface area is 46.0 Å². The fourth-order valence-electron chi connectivity index (χ4n) is 0.284. The zero-order valence-corrected chi connectivity index (χ0v) is 4.53. The number of carbonyl (C=O) groups excluding carboxylic acids is 1. The van der Waals surface area contributed by atoms with Gasteiger partial charge in [0.05, 0.1) is 6.54 Å². The highest BCUT2D eigenvalue weighted by Crippen LogP contribution is 1.94. The predicted octanol–water partition coefficient (Wildman–Crippen LogP) is 1.67. The van der Waals surface area contributed by atoms with Crippen molar-refractivity contribution in [1.82, 2.24) is 5.12 Å². The van der Waals surface area contributed by atoms with Gasteiger partial charge in [-0.15, -0.1) is 9.51 Å². The number of rotatable bonds is 2. The summed E-state index contributed by atoms with van der Waals surface area (Å²) in [5.74, 6) is 0. The largest absolute Gasteiger partial charge is 0.428 e. The van der Waals surface area contributed by atoms with E-state index in [1.807, 2.05) is 0 Å². The summed E-state index contributed by atoms with van der Waals surface area (Å²) >= 11 is 0. The Morgan fingerprint density at radius 2 is 2.25 bits per heavy atom. The van der Waals surface area contributed by atoms with Crippen LogP contribution in [-0.2, 0) is 0 Å². The highest BCUT2D eigenvalue weighted by Gasteiger charge is 2.07. The van der Waals surface area contributed by atoms with Crippen molar-refractivity contribution in [2.24, 2.45) is 0 Å². The summed E-state index contributed by atoms with van der Waals surface area (Å²) in [6.45, 7) is 1.48. The van der Waals surface area contributed by atoms with E-state index in [-0.39, 0.29) is 6.54 Å². The van der Waals surface area contributed by atoms with E-state index >= 15 is 0 Å². The summed E-state index contributed by atoms with van der Waals surface area (Å²) in [6.07, 6.45) is -1.60. The van der Waals surface area contributed by atoms with E-state index in [0.717, 1.165) is 0 Å². The Kier molecular flexibility index (Phi) is 3.07. The van der Waals surface area contributed by atoms with Crippen molar-refractivity contribution in [3.8, 4) is 0 Å². The smallest absolute Gasteiger partial charge is 0.231 e. The molecule has 0 N–H and O–H groups in total. The molecule has 8 heavy (non-hydrogen) atoms. The molecule has 0 spiro atoms. The van der Waals surface area contributed by atoms with Gasteiger partial charge in [-0.25, -0.2) is 4.79 Å². The molecule has 0 saturated heterocycles. The van der Waals surface area contributed by atoms with E-state index in [9.17, 15) is 13.7 Å². The molecule has 0 saturated carbocycles. The molecule has 2 nitrogen and oxygen atoms in total. The fourth-order valence-corrected chi connectivity index (χ4v) is 0.284. The van der Waals surface area contributed by atoms with Gasteiger partial charge in [0.25, 0.3) is 0 Å². The Morgan fingerprint density at radius 1 is 1.75 bits per heavy atom. The molecule has 0 aliphatic carbocycles. The zero-order chi connectivity index (χ0) is 6.57. The van der Waals surface area contributed by atoms with Crippen LogP contribution in [0.25, 0.3) is 0 Å². The van der Waals surface area contributed by atoms with Gasteiger partial charge in [-0.2, -0.15) is 0 Å². The normalized spacial score (nSPS) is 8.88. The summed E-state index contributed by atoms with van der Waals surface area (Å²) in [5.41, 5.74) is 0. The topological polar surface area (TPSA) is 20.3 Å². The van der Waals surface area contributed by atoms with E-state index in [1.54, 1.807) is 6.92 Å². The summed E-state index contributed by atoms with van der Waals surface area (Å²) in [6, 6.07) is 0. The molecule has 0 unspecified atom stereocenters. The lowest BCUT2D eigenvalue weighted by Gasteiger charge is -2.01. The highest BCUT2D eigenvalue weighted by molar-refractivity contribution is 5.64. The number of nitrogens with zero attached hydrogens (tertiary/aromatic N) is 1. The van der Waals surface area contributed by atoms with Gasteiger partial charge in [0.1, 0.15) is 0 Å². The lowest BCUT2D eigenvalue weighted by atomic mass is 10.5. The van der Waals surface area contributed by atoms with Crippen LogP contribution in [0.5, 0.6) is 0 Å². The van der Waals surface area contributed by atoms with Gasteiger partial charge < -0.3 is 0 Å². The lowest BCUT2D eigenvalue weighted by Crippen LogP contribution is -2.17. The highest BCUT2D eigenvalue weighted by atomic mass is 19.2. The Bertz CT molecular complexity index is 86.1. The van der Waals surface area contributed by atoms with Gasteiger partial charge in [-0.3, -0.25) is 0 Å². The molecular weight excluding hydrogens is 116 g/mol. The van der Waals surface area contributed by atoms with E-state index in [0.29, 0.717) is 6.42 Å². The summed E-state index contributed by atoms with van der Waals surface area (Å²) < 4.78 is 22.8. The van der Waals surface area contributed by atoms with Crippen LogP contribution in [-0.4, -0.2) is 17.8 Å². The molecule has 1 amide bonds. The summed E-state index contributed by atoms with van der Waals surface area (Å²) in [4.78, 5) is 9.42. The minimum atomic E-state index is -2.02. The van der Waals surface area contributed by atoms with Crippen molar-refractivity contribution in [1.29, 1.82) is 0 Å². The first-order valence-corrected chi connectivity index (χ1v) is 2.31. The number of amides is 1. The van der Waals surface area contributed by atoms with Gasteiger partial charge >= 0.3 is 6.16 Å². The molecule has 0 aromatic rings. The van der Waals surface area contributed by atoms with Gasteiger partial charge in [-0.1, -0.05) is 11.4 Å². The molecule has 0 fully saturated rings. The van der Waals surface area contributed by atoms with E-state index in [2.05, 4.69) is 0 Å². The van der Waals surface area contributed by atoms with Crippen LogP contribution < -0.4 is 0 Å². The van der Waals surface area contributed by atoms with Crippen molar-refractivity contribution in [2.75, 3.05) is 6.54 Å². The van der Waals surface area contributed by atoms with Crippen molar-refractivity contribution >= 4 is 6.16 Å². The van der Waals surface area contributed by atoms with Crippen LogP contribution in [0, 0.1) is 0 Å². The SMILES string of the molecule is CCCN(F)C(=O)F. The number of hydrogen-bond acceptors (Lipinski definition) is 1. The quantitative estimate of drug-likeness (QED) is 0.310. The van der Waals surface area contributed by atoms with Crippen LogP contribution in [0.1, 0.15) is 13.3 Å². The molecule has 0 aromatic heterocycles. The maximum Gasteiger partial charge on any atom is 0.428 e. The Balaban J connectivity index is 3.32. The average Bonchev–Trinajstić information content (AvgIpc) is 1.67. The molecule has 0 heterocycles. The first-order valence-electron chi connectivity index (χ1n) is 2.31. The van der Waals surface area contributed by atoms with E-state index < -0.39 is 11.3 Å². The molecule has 0 radical (unpaired) electrons. The Morgan fingerprint density at radius 3 is 2.38 bits per heavy atom. The van der Waals surface area contributed by atoms with Gasteiger partial charge in [0.2, 0.25) is 0 Å². The van der Waals surface area contributed by atoms with Crippen LogP contribution in [0.15, 0.2) is 0 Å². The standard InChI is InChI=1S/C4H7F2NO/c1-2-3-7(6)4(5)8/h2-3H2,1H3. The third kappa shape index (κ3) is 2.49. The third-order valence-corrected chi connectivity index (χ3v) is 0.611. The van der Waals surface area contributed by atoms with Crippen LogP contribution in [0.4, 0.5) is 13.7 Å². The fraction of sp³-hybridized carbons (Fsp3) is 0.750. The lowest BCUT2D eigenvalue weighted by molar-refractivity contribution is 0.0500. The van der Waals surface area contributed by atoms with Crippen molar-refractivity contribution in [3.63, 3.8) is 0 Å². The number of halogens is 2. The second-order valence-electron chi connectivity index (χ2n) is 1.34. The molecular formula is C4H7F2NO. The monoisotopic (exact) mass is 123 g/mol. The first-order chi connectivity index (χ1) is 3.68. The van der Waals surface area contributed by atoms with Gasteiger partial charge in [0.15, 0.2) is 0 Å². The molecule has 0 aliphatic heterocycles. The molecule has 0 atom stereocenters. The number of carbonyl (C=O) groups is 1. The molecule has 0 aliphatic rings. The van der Waals surface area contributed by atoms with Gasteiger partial charge in [0, 0.05) is 0 Å².